The van der Waals surface area contributed by atoms with E-state index in [4.69, 9.17) is 0 Å². The van der Waals surface area contributed by atoms with Crippen LogP contribution in [-0.4, -0.2) is 45.0 Å². The largest absolute Gasteiger partial charge is 0.356 e. The highest BCUT2D eigenvalue weighted by molar-refractivity contribution is 5.80. The van der Waals surface area contributed by atoms with Gasteiger partial charge in [0.05, 0.1) is 6.54 Å². The average Bonchev–Trinajstić information content (AvgIpc) is 3.37. The molecule has 0 bridgehead atoms. The summed E-state index contributed by atoms with van der Waals surface area (Å²) in [6, 6.07) is 14.0. The first-order valence-corrected chi connectivity index (χ1v) is 9.82. The van der Waals surface area contributed by atoms with Gasteiger partial charge in [-0.3, -0.25) is 14.2 Å². The molecular weight excluding hydrogens is 366 g/mol. The highest BCUT2D eigenvalue weighted by Crippen LogP contribution is 2.22. The summed E-state index contributed by atoms with van der Waals surface area (Å²) in [5, 5.41) is 14.8. The summed E-state index contributed by atoms with van der Waals surface area (Å²) >= 11 is 0. The van der Waals surface area contributed by atoms with E-state index >= 15 is 0 Å². The van der Waals surface area contributed by atoms with Crippen molar-refractivity contribution in [1.82, 2.24) is 30.1 Å². The number of fused-ring (bicyclic) bond motifs is 2. The Morgan fingerprint density at radius 1 is 1.07 bits per heavy atom. The molecule has 0 spiro atoms. The molecule has 1 aliphatic heterocycles. The average molecular weight is 391 g/mol. The topological polar surface area (TPSA) is 86.9 Å². The maximum absolute atomic E-state index is 12.5. The molecule has 2 aromatic heterocycles. The van der Waals surface area contributed by atoms with Crippen LogP contribution in [0.1, 0.15) is 29.8 Å². The first kappa shape index (κ1) is 18.9. The number of carbonyl (C=O) groups is 1. The molecule has 1 aliphatic rings. The number of carbonyl (C=O) groups excluding carboxylic acids is 1. The van der Waals surface area contributed by atoms with Crippen LogP contribution in [0.3, 0.4) is 0 Å². The predicted octanol–water partition coefficient (Wildman–Crippen LogP) is 1.72. The van der Waals surface area contributed by atoms with Gasteiger partial charge in [-0.1, -0.05) is 30.3 Å². The Morgan fingerprint density at radius 3 is 2.59 bits per heavy atom. The molecule has 3 aromatic rings. The summed E-state index contributed by atoms with van der Waals surface area (Å²) in [4.78, 5) is 18.6. The lowest BCUT2D eigenvalue weighted by Crippen LogP contribution is -2.38. The molecular formula is C21H25N7O. The summed E-state index contributed by atoms with van der Waals surface area (Å²) in [6.45, 7) is 2.62. The molecule has 3 heterocycles. The fourth-order valence-corrected chi connectivity index (χ4v) is 3.51. The van der Waals surface area contributed by atoms with Gasteiger partial charge in [-0.2, -0.15) is 0 Å². The van der Waals surface area contributed by atoms with Crippen LogP contribution in [-0.2, 0) is 24.4 Å². The van der Waals surface area contributed by atoms with E-state index in [0.717, 1.165) is 31.0 Å². The van der Waals surface area contributed by atoms with Gasteiger partial charge in [0.15, 0.2) is 17.4 Å². The lowest BCUT2D eigenvalue weighted by atomic mass is 10.1. The van der Waals surface area contributed by atoms with Crippen LogP contribution in [0.15, 0.2) is 53.7 Å². The number of guanidine groups is 1. The highest BCUT2D eigenvalue weighted by atomic mass is 16.2. The van der Waals surface area contributed by atoms with Crippen LogP contribution in [0.4, 0.5) is 0 Å². The van der Waals surface area contributed by atoms with E-state index in [9.17, 15) is 4.79 Å². The molecule has 8 heteroatoms. The van der Waals surface area contributed by atoms with E-state index in [-0.39, 0.29) is 5.91 Å². The summed E-state index contributed by atoms with van der Waals surface area (Å²) in [5.74, 6) is 1.69. The quantitative estimate of drug-likeness (QED) is 0.380. The number of benzene rings is 1. The Hall–Kier alpha value is -3.42. The van der Waals surface area contributed by atoms with Gasteiger partial charge >= 0.3 is 0 Å². The molecule has 0 atom stereocenters. The molecule has 0 fully saturated rings. The van der Waals surface area contributed by atoms with Gasteiger partial charge in [-0.25, -0.2) is 0 Å². The van der Waals surface area contributed by atoms with Crippen molar-refractivity contribution < 1.29 is 4.79 Å². The molecule has 2 N–H and O–H groups in total. The zero-order valence-corrected chi connectivity index (χ0v) is 16.5. The molecule has 0 aliphatic carbocycles. The van der Waals surface area contributed by atoms with E-state index in [1.807, 2.05) is 45.8 Å². The Labute approximate surface area is 169 Å². The smallest absolute Gasteiger partial charge is 0.223 e. The monoisotopic (exact) mass is 391 g/mol. The number of hydrogen-bond donors (Lipinski definition) is 2. The van der Waals surface area contributed by atoms with Crippen molar-refractivity contribution in [2.24, 2.45) is 4.99 Å². The second-order valence-corrected chi connectivity index (χ2v) is 7.02. The number of nitrogens with zero attached hydrogens (tertiary/aromatic N) is 5. The standard InChI is InChI=1S/C21H25N7O/c1-22-21(24-13-19-26-25-18-9-4-5-12-28(18)19)23-11-6-10-20(29)27-14-16-7-2-3-8-17(16)15-27/h2-5,7-9,12H,6,10-11,13-15H2,1H3,(H2,22,23,24). The van der Waals surface area contributed by atoms with E-state index in [1.165, 1.54) is 11.1 Å². The third-order valence-corrected chi connectivity index (χ3v) is 5.08. The zero-order valence-electron chi connectivity index (χ0n) is 16.5. The van der Waals surface area contributed by atoms with Crippen molar-refractivity contribution in [3.63, 3.8) is 0 Å². The Kier molecular flexibility index (Phi) is 5.69. The summed E-state index contributed by atoms with van der Waals surface area (Å²) in [7, 11) is 1.73. The third kappa shape index (κ3) is 4.37. The van der Waals surface area contributed by atoms with Crippen molar-refractivity contribution >= 4 is 17.5 Å². The molecule has 0 radical (unpaired) electrons. The number of aromatic nitrogens is 3. The molecule has 0 saturated heterocycles. The number of amides is 1. The van der Waals surface area contributed by atoms with Gasteiger partial charge in [-0.05, 0) is 29.7 Å². The van der Waals surface area contributed by atoms with Crippen molar-refractivity contribution in [2.75, 3.05) is 13.6 Å². The fraction of sp³-hybridized carbons (Fsp3) is 0.333. The van der Waals surface area contributed by atoms with Crippen molar-refractivity contribution in [2.45, 2.75) is 32.5 Å². The number of rotatable bonds is 6. The summed E-state index contributed by atoms with van der Waals surface area (Å²) in [5.41, 5.74) is 3.32. The van der Waals surface area contributed by atoms with Crippen LogP contribution in [0, 0.1) is 0 Å². The van der Waals surface area contributed by atoms with Gasteiger partial charge in [0.25, 0.3) is 0 Å². The molecule has 29 heavy (non-hydrogen) atoms. The normalized spacial score (nSPS) is 13.6. The second-order valence-electron chi connectivity index (χ2n) is 7.02. The number of pyridine rings is 1. The number of nitrogens with one attached hydrogen (secondary N) is 2. The molecule has 1 aromatic carbocycles. The summed E-state index contributed by atoms with van der Waals surface area (Å²) in [6.07, 6.45) is 3.21. The van der Waals surface area contributed by atoms with Crippen LogP contribution >= 0.6 is 0 Å². The SMILES string of the molecule is CN=C(NCCCC(=O)N1Cc2ccccc2C1)NCc1nnc2ccccn12. The minimum absolute atomic E-state index is 0.195. The minimum atomic E-state index is 0.195. The highest BCUT2D eigenvalue weighted by Gasteiger charge is 2.22. The van der Waals surface area contributed by atoms with Crippen LogP contribution in [0.5, 0.6) is 0 Å². The van der Waals surface area contributed by atoms with Gasteiger partial charge in [0, 0.05) is 39.3 Å². The first-order valence-electron chi connectivity index (χ1n) is 9.82. The molecule has 0 saturated carbocycles. The number of hydrogen-bond acceptors (Lipinski definition) is 4. The molecule has 8 nitrogen and oxygen atoms in total. The van der Waals surface area contributed by atoms with Gasteiger partial charge < -0.3 is 15.5 Å². The van der Waals surface area contributed by atoms with Crippen LogP contribution in [0.25, 0.3) is 5.65 Å². The molecule has 1 amide bonds. The number of aliphatic imine (C=N–C) groups is 1. The van der Waals surface area contributed by atoms with Crippen molar-refractivity contribution in [3.05, 3.63) is 65.6 Å². The zero-order chi connectivity index (χ0) is 20.1. The Bertz CT molecular complexity index is 1000. The Morgan fingerprint density at radius 2 is 1.83 bits per heavy atom. The lowest BCUT2D eigenvalue weighted by molar-refractivity contribution is -0.131. The van der Waals surface area contributed by atoms with Gasteiger partial charge in [-0.15, -0.1) is 10.2 Å². The van der Waals surface area contributed by atoms with Crippen LogP contribution in [0.2, 0.25) is 0 Å². The Balaban J connectivity index is 1.19. The predicted molar refractivity (Wildman–Crippen MR) is 111 cm³/mol. The third-order valence-electron chi connectivity index (χ3n) is 5.08. The maximum Gasteiger partial charge on any atom is 0.223 e. The van der Waals surface area contributed by atoms with Crippen molar-refractivity contribution in [3.8, 4) is 0 Å². The first-order chi connectivity index (χ1) is 14.2. The fourth-order valence-electron chi connectivity index (χ4n) is 3.51. The van der Waals surface area contributed by atoms with Crippen LogP contribution < -0.4 is 10.6 Å². The molecule has 150 valence electrons. The molecule has 0 unspecified atom stereocenters. The maximum atomic E-state index is 12.5. The van der Waals surface area contributed by atoms with Gasteiger partial charge in [0.1, 0.15) is 0 Å². The minimum Gasteiger partial charge on any atom is -0.356 e. The second kappa shape index (κ2) is 8.72. The molecule has 4 rings (SSSR count). The van der Waals surface area contributed by atoms with E-state index in [0.29, 0.717) is 25.5 Å². The van der Waals surface area contributed by atoms with E-state index in [2.05, 4.69) is 38.0 Å². The van der Waals surface area contributed by atoms with E-state index in [1.54, 1.807) is 7.05 Å². The lowest BCUT2D eigenvalue weighted by Gasteiger charge is -2.16. The van der Waals surface area contributed by atoms with E-state index < -0.39 is 0 Å². The van der Waals surface area contributed by atoms with Gasteiger partial charge in [0.2, 0.25) is 5.91 Å². The van der Waals surface area contributed by atoms with Crippen molar-refractivity contribution in [1.29, 1.82) is 0 Å². The summed E-state index contributed by atoms with van der Waals surface area (Å²) < 4.78 is 1.94.